The summed E-state index contributed by atoms with van der Waals surface area (Å²) in [5.41, 5.74) is 6.15. The Bertz CT molecular complexity index is 135. The first kappa shape index (κ1) is 11.0. The third-order valence-electron chi connectivity index (χ3n) is 2.73. The third-order valence-corrected chi connectivity index (χ3v) is 2.73. The van der Waals surface area contributed by atoms with Crippen molar-refractivity contribution in [2.45, 2.75) is 37.6 Å². The molecule has 3 nitrogen and oxygen atoms in total. The predicted octanol–water partition coefficient (Wildman–Crippen LogP) is 1.31. The fourth-order valence-corrected chi connectivity index (χ4v) is 1.56. The summed E-state index contributed by atoms with van der Waals surface area (Å²) in [4.78, 5) is 0. The Morgan fingerprint density at radius 3 is 2.54 bits per heavy atom. The zero-order valence-electron chi connectivity index (χ0n) is 8.55. The molecule has 1 saturated carbocycles. The Morgan fingerprint density at radius 2 is 2.00 bits per heavy atom. The molecule has 1 fully saturated rings. The Morgan fingerprint density at radius 1 is 1.23 bits per heavy atom. The molecule has 2 N–H and O–H groups in total. The average molecular weight is 187 g/mol. The van der Waals surface area contributed by atoms with Crippen LogP contribution in [0.3, 0.4) is 0 Å². The zero-order valence-corrected chi connectivity index (χ0v) is 8.55. The van der Waals surface area contributed by atoms with Crippen LogP contribution in [-0.2, 0) is 9.47 Å². The van der Waals surface area contributed by atoms with Gasteiger partial charge in [0.2, 0.25) is 0 Å². The summed E-state index contributed by atoms with van der Waals surface area (Å²) in [5.74, 6) is 0. The topological polar surface area (TPSA) is 44.5 Å². The minimum atomic E-state index is 0.112. The quantitative estimate of drug-likeness (QED) is 0.611. The molecule has 0 amide bonds. The molecule has 0 bridgehead atoms. The highest BCUT2D eigenvalue weighted by molar-refractivity contribution is 4.91. The van der Waals surface area contributed by atoms with Crippen LogP contribution in [0.2, 0.25) is 0 Å². The Labute approximate surface area is 80.6 Å². The summed E-state index contributed by atoms with van der Waals surface area (Å²) in [6.07, 6.45) is 5.64. The number of ether oxygens (including phenoxy) is 2. The lowest BCUT2D eigenvalue weighted by Crippen LogP contribution is -2.47. The van der Waals surface area contributed by atoms with E-state index in [0.29, 0.717) is 0 Å². The van der Waals surface area contributed by atoms with Crippen LogP contribution < -0.4 is 5.73 Å². The molecule has 1 aliphatic carbocycles. The summed E-state index contributed by atoms with van der Waals surface area (Å²) < 4.78 is 10.4. The fraction of sp³-hybridized carbons (Fsp3) is 1.00. The maximum atomic E-state index is 6.04. The molecule has 1 rings (SSSR count). The van der Waals surface area contributed by atoms with Gasteiger partial charge in [-0.2, -0.15) is 0 Å². The van der Waals surface area contributed by atoms with E-state index in [4.69, 9.17) is 15.2 Å². The van der Waals surface area contributed by atoms with Crippen molar-refractivity contribution in [2.24, 2.45) is 5.73 Å². The van der Waals surface area contributed by atoms with Gasteiger partial charge in [0.25, 0.3) is 0 Å². The van der Waals surface area contributed by atoms with Gasteiger partial charge < -0.3 is 15.2 Å². The number of hydrogen-bond acceptors (Lipinski definition) is 3. The molecule has 0 atom stereocenters. The Hall–Kier alpha value is -0.120. The Balaban J connectivity index is 1.83. The molecule has 3 heteroatoms. The lowest BCUT2D eigenvalue weighted by Gasteiger charge is -2.38. The smallest absolute Gasteiger partial charge is 0.0487 e. The van der Waals surface area contributed by atoms with E-state index in [1.165, 1.54) is 19.3 Å². The SMILES string of the molecule is COCCCOCCC1(N)CCC1. The molecular formula is C10H21NO2. The van der Waals surface area contributed by atoms with Gasteiger partial charge in [-0.25, -0.2) is 0 Å². The number of hydrogen-bond donors (Lipinski definition) is 1. The molecule has 0 aromatic heterocycles. The second kappa shape index (κ2) is 5.58. The monoisotopic (exact) mass is 187 g/mol. The zero-order chi connectivity index (χ0) is 9.57. The third kappa shape index (κ3) is 4.07. The van der Waals surface area contributed by atoms with Crippen LogP contribution in [0.4, 0.5) is 0 Å². The molecule has 0 aromatic carbocycles. The molecule has 0 heterocycles. The highest BCUT2D eigenvalue weighted by Crippen LogP contribution is 2.31. The number of nitrogens with two attached hydrogens (primary N) is 1. The van der Waals surface area contributed by atoms with Crippen LogP contribution in [0.25, 0.3) is 0 Å². The number of methoxy groups -OCH3 is 1. The summed E-state index contributed by atoms with van der Waals surface area (Å²) in [6.45, 7) is 2.39. The molecule has 0 aliphatic heterocycles. The molecule has 0 saturated heterocycles. The van der Waals surface area contributed by atoms with Crippen LogP contribution in [-0.4, -0.2) is 32.5 Å². The van der Waals surface area contributed by atoms with E-state index in [2.05, 4.69) is 0 Å². The summed E-state index contributed by atoms with van der Waals surface area (Å²) >= 11 is 0. The van der Waals surface area contributed by atoms with Gasteiger partial charge in [0.1, 0.15) is 0 Å². The predicted molar refractivity (Wildman–Crippen MR) is 52.7 cm³/mol. The van der Waals surface area contributed by atoms with Crippen molar-refractivity contribution in [1.29, 1.82) is 0 Å². The van der Waals surface area contributed by atoms with Crippen LogP contribution in [0.1, 0.15) is 32.1 Å². The maximum Gasteiger partial charge on any atom is 0.0487 e. The molecule has 0 radical (unpaired) electrons. The van der Waals surface area contributed by atoms with Gasteiger partial charge in [-0.1, -0.05) is 0 Å². The summed E-state index contributed by atoms with van der Waals surface area (Å²) in [6, 6.07) is 0. The van der Waals surface area contributed by atoms with Crippen molar-refractivity contribution in [3.63, 3.8) is 0 Å². The second-order valence-electron chi connectivity index (χ2n) is 3.92. The van der Waals surface area contributed by atoms with E-state index in [-0.39, 0.29) is 5.54 Å². The second-order valence-corrected chi connectivity index (χ2v) is 3.92. The van der Waals surface area contributed by atoms with Crippen LogP contribution in [0, 0.1) is 0 Å². The Kier molecular flexibility index (Phi) is 4.70. The van der Waals surface area contributed by atoms with Gasteiger partial charge in [-0.3, -0.25) is 0 Å². The van der Waals surface area contributed by atoms with Gasteiger partial charge >= 0.3 is 0 Å². The lowest BCUT2D eigenvalue weighted by molar-refractivity contribution is 0.0774. The largest absolute Gasteiger partial charge is 0.385 e. The minimum Gasteiger partial charge on any atom is -0.385 e. The van der Waals surface area contributed by atoms with Gasteiger partial charge in [-0.15, -0.1) is 0 Å². The van der Waals surface area contributed by atoms with Crippen LogP contribution in [0.15, 0.2) is 0 Å². The molecule has 0 spiro atoms. The van der Waals surface area contributed by atoms with Crippen molar-refractivity contribution in [3.05, 3.63) is 0 Å². The number of rotatable bonds is 7. The van der Waals surface area contributed by atoms with Crippen molar-refractivity contribution in [1.82, 2.24) is 0 Å². The molecule has 0 unspecified atom stereocenters. The normalized spacial score (nSPS) is 19.8. The first-order valence-corrected chi connectivity index (χ1v) is 5.12. The van der Waals surface area contributed by atoms with Crippen molar-refractivity contribution < 1.29 is 9.47 Å². The average Bonchev–Trinajstić information content (AvgIpc) is 2.08. The maximum absolute atomic E-state index is 6.04. The van der Waals surface area contributed by atoms with Crippen molar-refractivity contribution >= 4 is 0 Å². The molecule has 78 valence electrons. The first-order valence-electron chi connectivity index (χ1n) is 5.12. The minimum absolute atomic E-state index is 0.112. The standard InChI is InChI=1S/C10H21NO2/c1-12-7-3-8-13-9-6-10(11)4-2-5-10/h2-9,11H2,1H3. The van der Waals surface area contributed by atoms with Gasteiger partial charge in [0.15, 0.2) is 0 Å². The van der Waals surface area contributed by atoms with E-state index in [1.807, 2.05) is 0 Å². The lowest BCUT2D eigenvalue weighted by atomic mass is 9.76. The van der Waals surface area contributed by atoms with Crippen molar-refractivity contribution in [3.8, 4) is 0 Å². The van der Waals surface area contributed by atoms with E-state index in [9.17, 15) is 0 Å². The van der Waals surface area contributed by atoms with Crippen LogP contribution in [0.5, 0.6) is 0 Å². The first-order chi connectivity index (χ1) is 6.27. The molecular weight excluding hydrogens is 166 g/mol. The van der Waals surface area contributed by atoms with Crippen molar-refractivity contribution in [2.75, 3.05) is 26.9 Å². The fourth-order valence-electron chi connectivity index (χ4n) is 1.56. The van der Waals surface area contributed by atoms with Gasteiger partial charge in [0, 0.05) is 32.5 Å². The highest BCUT2D eigenvalue weighted by Gasteiger charge is 2.31. The summed E-state index contributed by atoms with van der Waals surface area (Å²) in [5, 5.41) is 0. The molecule has 13 heavy (non-hydrogen) atoms. The van der Waals surface area contributed by atoms with Gasteiger partial charge in [-0.05, 0) is 32.1 Å². The van der Waals surface area contributed by atoms with Crippen LogP contribution >= 0.6 is 0 Å². The van der Waals surface area contributed by atoms with E-state index >= 15 is 0 Å². The highest BCUT2D eigenvalue weighted by atomic mass is 16.5. The van der Waals surface area contributed by atoms with E-state index in [1.54, 1.807) is 7.11 Å². The van der Waals surface area contributed by atoms with E-state index in [0.717, 1.165) is 32.7 Å². The molecule has 0 aromatic rings. The van der Waals surface area contributed by atoms with E-state index < -0.39 is 0 Å². The summed E-state index contributed by atoms with van der Waals surface area (Å²) in [7, 11) is 1.71. The molecule has 1 aliphatic rings. The van der Waals surface area contributed by atoms with Gasteiger partial charge in [0.05, 0.1) is 0 Å².